The van der Waals surface area contributed by atoms with Gasteiger partial charge in [0.2, 0.25) is 0 Å². The Balaban J connectivity index is 1.34. The number of hydrogen-bond donors (Lipinski definition) is 2. The molecule has 5 nitrogen and oxygen atoms in total. The van der Waals surface area contributed by atoms with Crippen LogP contribution in [0.25, 0.3) is 22.8 Å². The van der Waals surface area contributed by atoms with Crippen LogP contribution < -0.4 is 5.32 Å². The first kappa shape index (κ1) is 18.8. The van der Waals surface area contributed by atoms with Crippen LogP contribution in [0.4, 0.5) is 5.69 Å². The van der Waals surface area contributed by atoms with Crippen molar-refractivity contribution in [2.75, 3.05) is 5.32 Å². The molecule has 3 aromatic rings. The summed E-state index contributed by atoms with van der Waals surface area (Å²) < 4.78 is 5.44. The van der Waals surface area contributed by atoms with Crippen molar-refractivity contribution in [1.82, 2.24) is 5.16 Å². The lowest BCUT2D eigenvalue weighted by molar-refractivity contribution is -0.110. The molecule has 2 aromatic carbocycles. The van der Waals surface area contributed by atoms with E-state index in [0.29, 0.717) is 33.9 Å². The number of rotatable bonds is 4. The quantitative estimate of drug-likeness (QED) is 0.526. The molecule has 0 radical (unpaired) electrons. The number of aliphatic hydroxyl groups is 1. The average Bonchev–Trinajstić information content (AvgIpc) is 3.41. The highest BCUT2D eigenvalue weighted by atomic mass is 35.5. The fourth-order valence-corrected chi connectivity index (χ4v) is 4.73. The summed E-state index contributed by atoms with van der Waals surface area (Å²) in [7, 11) is 0. The fourth-order valence-electron chi connectivity index (χ4n) is 4.46. The summed E-state index contributed by atoms with van der Waals surface area (Å²) in [5, 5.41) is 17.2. The molecule has 2 aliphatic carbocycles. The van der Waals surface area contributed by atoms with E-state index in [1.807, 2.05) is 12.1 Å². The van der Waals surface area contributed by atoms with Gasteiger partial charge in [-0.25, -0.2) is 0 Å². The maximum atomic E-state index is 12.6. The minimum atomic E-state index is -0.175. The van der Waals surface area contributed by atoms with Gasteiger partial charge in [-0.2, -0.15) is 0 Å². The molecule has 1 amide bonds. The fraction of sp³-hybridized carbons (Fsp3) is 0.280. The highest BCUT2D eigenvalue weighted by Crippen LogP contribution is 2.43. The Morgan fingerprint density at radius 1 is 1.06 bits per heavy atom. The normalized spacial score (nSPS) is 23.5. The number of halogens is 1. The molecular weight excluding hydrogens is 412 g/mol. The van der Waals surface area contributed by atoms with Crippen LogP contribution >= 0.6 is 11.6 Å². The van der Waals surface area contributed by atoms with Crippen molar-refractivity contribution in [2.24, 2.45) is 0 Å². The maximum absolute atomic E-state index is 12.6. The third-order valence-corrected chi connectivity index (χ3v) is 6.84. The summed E-state index contributed by atoms with van der Waals surface area (Å²) in [6.07, 6.45) is 5.52. The lowest BCUT2D eigenvalue weighted by Gasteiger charge is -2.31. The molecule has 2 heterocycles. The second-order valence-electron chi connectivity index (χ2n) is 8.76. The van der Waals surface area contributed by atoms with Crippen LogP contribution in [0.2, 0.25) is 5.02 Å². The Bertz CT molecular complexity index is 1220. The zero-order chi connectivity index (χ0) is 21.1. The number of carbonyl (C=O) groups is 1. The second kappa shape index (κ2) is 7.08. The zero-order valence-electron chi connectivity index (χ0n) is 16.8. The standard InChI is InChI=1S/C25H21ClN2O3/c26-22-12-24-20(11-19(22)14-3-1-13(2-4-14)16-7-17(29)8-16)21(25(30)27-24)9-18-10-23(28-31-18)15-5-6-15/h1-4,9-12,15-17,29H,5-8H2,(H,27,30)/b21-9-. The monoisotopic (exact) mass is 432 g/mol. The number of nitrogens with one attached hydrogen (secondary N) is 1. The van der Waals surface area contributed by atoms with Crippen molar-refractivity contribution in [3.63, 3.8) is 0 Å². The van der Waals surface area contributed by atoms with Gasteiger partial charge in [-0.05, 0) is 60.9 Å². The predicted molar refractivity (Wildman–Crippen MR) is 120 cm³/mol. The first-order valence-electron chi connectivity index (χ1n) is 10.7. The lowest BCUT2D eigenvalue weighted by Crippen LogP contribution is -2.26. The van der Waals surface area contributed by atoms with E-state index < -0.39 is 0 Å². The molecule has 1 aliphatic heterocycles. The number of hydrogen-bond acceptors (Lipinski definition) is 4. The van der Waals surface area contributed by atoms with Crippen LogP contribution in [-0.2, 0) is 4.79 Å². The molecule has 0 spiro atoms. The molecular formula is C25H21ClN2O3. The zero-order valence-corrected chi connectivity index (χ0v) is 17.5. The molecule has 0 atom stereocenters. The van der Waals surface area contributed by atoms with Gasteiger partial charge in [0, 0.05) is 23.1 Å². The number of benzene rings is 2. The second-order valence-corrected chi connectivity index (χ2v) is 9.17. The summed E-state index contributed by atoms with van der Waals surface area (Å²) in [4.78, 5) is 12.6. The number of anilines is 1. The van der Waals surface area contributed by atoms with Gasteiger partial charge in [0.05, 0.1) is 28.1 Å². The van der Waals surface area contributed by atoms with E-state index in [9.17, 15) is 9.90 Å². The Morgan fingerprint density at radius 3 is 2.55 bits per heavy atom. The molecule has 156 valence electrons. The number of nitrogens with zero attached hydrogens (tertiary/aromatic N) is 1. The van der Waals surface area contributed by atoms with Crippen LogP contribution in [-0.4, -0.2) is 22.3 Å². The minimum absolute atomic E-state index is 0.171. The molecule has 2 N–H and O–H groups in total. The van der Waals surface area contributed by atoms with Gasteiger partial charge in [-0.1, -0.05) is 41.0 Å². The van der Waals surface area contributed by atoms with Crippen molar-refractivity contribution >= 4 is 34.8 Å². The van der Waals surface area contributed by atoms with Gasteiger partial charge in [0.15, 0.2) is 5.76 Å². The summed E-state index contributed by atoms with van der Waals surface area (Å²) in [6, 6.07) is 14.0. The summed E-state index contributed by atoms with van der Waals surface area (Å²) in [5.41, 5.74) is 6.12. The van der Waals surface area contributed by atoms with Gasteiger partial charge in [-0.15, -0.1) is 0 Å². The van der Waals surface area contributed by atoms with Gasteiger partial charge in [0.1, 0.15) is 0 Å². The highest BCUT2D eigenvalue weighted by molar-refractivity contribution is 6.38. The van der Waals surface area contributed by atoms with E-state index in [2.05, 4.69) is 34.7 Å². The smallest absolute Gasteiger partial charge is 0.256 e. The molecule has 2 fully saturated rings. The molecule has 3 aliphatic rings. The van der Waals surface area contributed by atoms with E-state index >= 15 is 0 Å². The molecule has 6 rings (SSSR count). The van der Waals surface area contributed by atoms with Crippen LogP contribution in [0.15, 0.2) is 47.0 Å². The molecule has 6 heteroatoms. The SMILES string of the molecule is O=C1Nc2cc(Cl)c(-c3ccc(C4CC(O)C4)cc3)cc2/C1=C/c1cc(C2CC2)no1. The Kier molecular flexibility index (Phi) is 4.30. The number of amides is 1. The van der Waals surface area contributed by atoms with Crippen molar-refractivity contribution in [3.8, 4) is 11.1 Å². The van der Waals surface area contributed by atoms with Crippen LogP contribution in [0.3, 0.4) is 0 Å². The first-order valence-corrected chi connectivity index (χ1v) is 11.0. The van der Waals surface area contributed by atoms with E-state index in [4.69, 9.17) is 16.1 Å². The predicted octanol–water partition coefficient (Wildman–Crippen LogP) is 5.60. The molecule has 2 saturated carbocycles. The maximum Gasteiger partial charge on any atom is 0.256 e. The Labute approximate surface area is 184 Å². The Morgan fingerprint density at radius 2 is 1.84 bits per heavy atom. The van der Waals surface area contributed by atoms with Crippen molar-refractivity contribution < 1.29 is 14.4 Å². The minimum Gasteiger partial charge on any atom is -0.393 e. The average molecular weight is 433 g/mol. The first-order chi connectivity index (χ1) is 15.0. The molecule has 0 bridgehead atoms. The van der Waals surface area contributed by atoms with Gasteiger partial charge in [-0.3, -0.25) is 4.79 Å². The molecule has 1 aromatic heterocycles. The number of carbonyl (C=O) groups excluding carboxylic acids is 1. The molecule has 0 saturated heterocycles. The summed E-state index contributed by atoms with van der Waals surface area (Å²) in [5.74, 6) is 1.34. The third kappa shape index (κ3) is 3.38. The number of fused-ring (bicyclic) bond motifs is 1. The summed E-state index contributed by atoms with van der Waals surface area (Å²) >= 11 is 6.57. The van der Waals surface area contributed by atoms with E-state index in [1.165, 1.54) is 5.56 Å². The topological polar surface area (TPSA) is 75.4 Å². The van der Waals surface area contributed by atoms with Gasteiger partial charge >= 0.3 is 0 Å². The molecule has 0 unspecified atom stereocenters. The van der Waals surface area contributed by atoms with E-state index in [1.54, 1.807) is 12.1 Å². The van der Waals surface area contributed by atoms with Crippen molar-refractivity contribution in [1.29, 1.82) is 0 Å². The Hall–Kier alpha value is -2.89. The van der Waals surface area contributed by atoms with Gasteiger partial charge in [0.25, 0.3) is 5.91 Å². The summed E-state index contributed by atoms with van der Waals surface area (Å²) in [6.45, 7) is 0. The van der Waals surface area contributed by atoms with Crippen molar-refractivity contribution in [3.05, 3.63) is 70.1 Å². The van der Waals surface area contributed by atoms with Crippen LogP contribution in [0.5, 0.6) is 0 Å². The van der Waals surface area contributed by atoms with Crippen LogP contribution in [0, 0.1) is 0 Å². The number of aliphatic hydroxyl groups excluding tert-OH is 1. The van der Waals surface area contributed by atoms with Gasteiger partial charge < -0.3 is 14.9 Å². The van der Waals surface area contributed by atoms with E-state index in [0.717, 1.165) is 48.1 Å². The number of aromatic nitrogens is 1. The van der Waals surface area contributed by atoms with Crippen molar-refractivity contribution in [2.45, 2.75) is 43.6 Å². The highest BCUT2D eigenvalue weighted by Gasteiger charge is 2.30. The molecule has 31 heavy (non-hydrogen) atoms. The van der Waals surface area contributed by atoms with Crippen LogP contribution in [0.1, 0.15) is 60.1 Å². The third-order valence-electron chi connectivity index (χ3n) is 6.53. The lowest BCUT2D eigenvalue weighted by atomic mass is 9.77. The largest absolute Gasteiger partial charge is 0.393 e. The van der Waals surface area contributed by atoms with E-state index in [-0.39, 0.29) is 12.0 Å².